The van der Waals surface area contributed by atoms with E-state index in [1.807, 2.05) is 6.08 Å². The van der Waals surface area contributed by atoms with Gasteiger partial charge in [-0.3, -0.25) is 29.0 Å². The van der Waals surface area contributed by atoms with Gasteiger partial charge in [0.25, 0.3) is 11.8 Å². The summed E-state index contributed by atoms with van der Waals surface area (Å²) in [6, 6.07) is 11.7. The van der Waals surface area contributed by atoms with Gasteiger partial charge < -0.3 is 9.84 Å². The van der Waals surface area contributed by atoms with Gasteiger partial charge in [0.2, 0.25) is 11.8 Å². The number of rotatable bonds is 4. The van der Waals surface area contributed by atoms with Gasteiger partial charge in [0, 0.05) is 23.0 Å². The molecule has 4 aliphatic rings. The fourth-order valence-corrected chi connectivity index (χ4v) is 8.25. The van der Waals surface area contributed by atoms with Crippen LogP contribution in [0, 0.1) is 17.8 Å². The molecule has 6 rings (SSSR count). The van der Waals surface area contributed by atoms with Crippen LogP contribution in [0.25, 0.3) is 0 Å². The van der Waals surface area contributed by atoms with Crippen LogP contribution in [-0.4, -0.2) is 57.0 Å². The predicted molar refractivity (Wildman–Crippen MR) is 151 cm³/mol. The maximum atomic E-state index is 14.0. The molecule has 0 radical (unpaired) electrons. The molecule has 2 aliphatic heterocycles. The quantitative estimate of drug-likeness (QED) is 0.292. The van der Waals surface area contributed by atoms with Crippen molar-refractivity contribution in [1.82, 2.24) is 4.90 Å². The molecule has 0 aromatic heterocycles. The van der Waals surface area contributed by atoms with E-state index in [4.69, 9.17) is 27.9 Å². The van der Waals surface area contributed by atoms with Gasteiger partial charge in [-0.2, -0.15) is 0 Å². The molecule has 4 amide bonds. The van der Waals surface area contributed by atoms with Crippen molar-refractivity contribution in [3.63, 3.8) is 0 Å². The lowest BCUT2D eigenvalue weighted by Crippen LogP contribution is -2.60. The first-order valence-electron chi connectivity index (χ1n) is 13.0. The van der Waals surface area contributed by atoms with Crippen molar-refractivity contribution in [2.75, 3.05) is 18.6 Å². The minimum absolute atomic E-state index is 0.115. The fraction of sp³-hybridized carbons (Fsp3) is 0.379. The molecule has 2 aromatic carbocycles. The van der Waals surface area contributed by atoms with Gasteiger partial charge in [0.05, 0.1) is 24.1 Å². The fourth-order valence-electron chi connectivity index (χ4n) is 6.98. The number of likely N-dealkylation sites (tertiary alicyclic amines) is 1. The van der Waals surface area contributed by atoms with Crippen molar-refractivity contribution >= 4 is 68.4 Å². The van der Waals surface area contributed by atoms with E-state index in [9.17, 15) is 24.3 Å². The highest BCUT2D eigenvalue weighted by Crippen LogP contribution is 2.66. The lowest BCUT2D eigenvalue weighted by molar-refractivity contribution is -0.138. The number of hydrogen-bond donors (Lipinski definition) is 1. The van der Waals surface area contributed by atoms with Gasteiger partial charge in [0.1, 0.15) is 0 Å². The maximum Gasteiger partial charge on any atom is 0.253 e. The molecule has 0 unspecified atom stereocenters. The first kappa shape index (κ1) is 27.3. The average molecular weight is 648 g/mol. The number of nitrogens with zero attached hydrogens (tertiary/aromatic N) is 2. The Morgan fingerprint density at radius 2 is 1.73 bits per heavy atom. The number of para-hydroxylation sites is 1. The van der Waals surface area contributed by atoms with Crippen LogP contribution in [-0.2, 0) is 19.2 Å². The van der Waals surface area contributed by atoms with E-state index in [2.05, 4.69) is 15.9 Å². The first-order valence-corrected chi connectivity index (χ1v) is 14.5. The molecule has 208 valence electrons. The Morgan fingerprint density at radius 1 is 1.02 bits per heavy atom. The topological polar surface area (TPSA) is 104 Å². The molecule has 2 aromatic rings. The number of benzene rings is 2. The van der Waals surface area contributed by atoms with Crippen LogP contribution < -0.4 is 9.64 Å². The first-order chi connectivity index (χ1) is 19.0. The van der Waals surface area contributed by atoms with Crippen molar-refractivity contribution < 1.29 is 29.0 Å². The molecule has 2 saturated heterocycles. The zero-order chi connectivity index (χ0) is 28.7. The second kappa shape index (κ2) is 9.33. The van der Waals surface area contributed by atoms with E-state index in [0.29, 0.717) is 11.3 Å². The molecule has 0 bridgehead atoms. The Kier molecular flexibility index (Phi) is 6.36. The summed E-state index contributed by atoms with van der Waals surface area (Å²) >= 11 is 17.7. The van der Waals surface area contributed by atoms with Crippen LogP contribution in [0.15, 0.2) is 58.6 Å². The monoisotopic (exact) mass is 646 g/mol. The van der Waals surface area contributed by atoms with Crippen LogP contribution >= 0.6 is 39.1 Å². The summed E-state index contributed by atoms with van der Waals surface area (Å²) in [5.41, 5.74) is 1.31. The number of imide groups is 2. The highest BCUT2D eigenvalue weighted by molar-refractivity contribution is 9.10. The number of anilines is 1. The third-order valence-electron chi connectivity index (χ3n) is 8.74. The van der Waals surface area contributed by atoms with Gasteiger partial charge >= 0.3 is 0 Å². The molecular formula is C29H25BrCl2N2O6. The summed E-state index contributed by atoms with van der Waals surface area (Å²) in [6.07, 6.45) is 1.95. The summed E-state index contributed by atoms with van der Waals surface area (Å²) < 4.78 is 6.40. The molecule has 2 aliphatic carbocycles. The number of amides is 4. The Labute approximate surface area is 249 Å². The van der Waals surface area contributed by atoms with Gasteiger partial charge in [-0.15, -0.1) is 23.2 Å². The van der Waals surface area contributed by atoms with Crippen LogP contribution in [0.2, 0.25) is 0 Å². The third-order valence-corrected chi connectivity index (χ3v) is 10.7. The Morgan fingerprint density at radius 3 is 2.40 bits per heavy atom. The van der Waals surface area contributed by atoms with Crippen molar-refractivity contribution in [3.8, 4) is 11.5 Å². The van der Waals surface area contributed by atoms with Crippen molar-refractivity contribution in [2.24, 2.45) is 17.8 Å². The Balaban J connectivity index is 1.53. The number of aromatic hydroxyl groups is 1. The number of alkyl halides is 2. The van der Waals surface area contributed by atoms with Gasteiger partial charge in [0.15, 0.2) is 21.2 Å². The van der Waals surface area contributed by atoms with E-state index in [-0.39, 0.29) is 42.4 Å². The molecule has 8 nitrogen and oxygen atoms in total. The maximum absolute atomic E-state index is 14.0. The van der Waals surface area contributed by atoms with Crippen molar-refractivity contribution in [2.45, 2.75) is 35.4 Å². The van der Waals surface area contributed by atoms with Crippen LogP contribution in [0.1, 0.15) is 31.2 Å². The minimum Gasteiger partial charge on any atom is -0.504 e. The van der Waals surface area contributed by atoms with Crippen molar-refractivity contribution in [1.29, 1.82) is 0 Å². The van der Waals surface area contributed by atoms with Gasteiger partial charge in [-0.05, 0) is 56.0 Å². The summed E-state index contributed by atoms with van der Waals surface area (Å²) in [7, 11) is 1.32. The van der Waals surface area contributed by atoms with E-state index < -0.39 is 51.1 Å². The summed E-state index contributed by atoms with van der Waals surface area (Å²) in [4.78, 5) is 53.0. The summed E-state index contributed by atoms with van der Waals surface area (Å²) in [5, 5.41) is 11.3. The number of halogens is 3. The van der Waals surface area contributed by atoms with E-state index in [1.54, 1.807) is 49.4 Å². The molecule has 2 heterocycles. The lowest BCUT2D eigenvalue weighted by atomic mass is 9.56. The number of phenolic OH excluding ortho intramolecular Hbond substituents is 1. The van der Waals surface area contributed by atoms with E-state index in [1.165, 1.54) is 11.9 Å². The van der Waals surface area contributed by atoms with Crippen LogP contribution in [0.3, 0.4) is 0 Å². The normalized spacial score (nSPS) is 33.1. The largest absolute Gasteiger partial charge is 0.504 e. The zero-order valence-electron chi connectivity index (χ0n) is 21.6. The highest BCUT2D eigenvalue weighted by Gasteiger charge is 2.76. The number of carbonyl (C=O) groups excluding carboxylic acids is 4. The summed E-state index contributed by atoms with van der Waals surface area (Å²) in [6.45, 7) is 2.05. The lowest BCUT2D eigenvalue weighted by Gasteiger charge is -2.50. The molecule has 1 saturated carbocycles. The second-order valence-corrected chi connectivity index (χ2v) is 12.8. The number of carbonyl (C=O) groups is 4. The molecular weight excluding hydrogens is 623 g/mol. The smallest absolute Gasteiger partial charge is 0.253 e. The van der Waals surface area contributed by atoms with Crippen molar-refractivity contribution in [3.05, 3.63) is 64.1 Å². The number of fused-ring (bicyclic) bond motifs is 4. The molecule has 3 fully saturated rings. The number of hydrogen-bond acceptors (Lipinski definition) is 6. The minimum atomic E-state index is -1.98. The predicted octanol–water partition coefficient (Wildman–Crippen LogP) is 4.75. The number of ether oxygens (including phenoxy) is 1. The Bertz CT molecular complexity index is 1510. The number of phenols is 1. The molecule has 1 N–H and O–H groups in total. The number of allylic oxidation sites excluding steroid dienone is 2. The average Bonchev–Trinajstić information content (AvgIpc) is 3.26. The molecule has 0 spiro atoms. The molecule has 6 atom stereocenters. The standard InChI is InChI=1S/C29H25BrCl2N2O6/c1-3-40-20-6-4-5-18(23(20)35)22-16-11-12-17-21(25(37)34(24(17)36)15-9-7-14(30)8-10-15)19(16)13-28(31)26(38)33(2)27(39)29(22,28)32/h4-11,17,19,21-22,35H,3,12-13H2,1-2H3/t17-,19+,21-,22+,28+,29-/m0/s1. The second-order valence-electron chi connectivity index (χ2n) is 10.6. The third kappa shape index (κ3) is 3.43. The van der Waals surface area contributed by atoms with E-state index in [0.717, 1.165) is 9.37 Å². The SMILES string of the molecule is CCOc1cccc([C@H]2C3=CC[C@@H]4C(=O)N(c5ccc(Br)cc5)C(=O)[C@@H]4[C@@H]3C[C@@]3(Cl)C(=O)N(C)C(=O)[C@@]23Cl)c1O. The zero-order valence-corrected chi connectivity index (χ0v) is 24.7. The molecule has 40 heavy (non-hydrogen) atoms. The molecule has 11 heteroatoms. The summed E-state index contributed by atoms with van der Waals surface area (Å²) in [5.74, 6) is -5.35. The van der Waals surface area contributed by atoms with Gasteiger partial charge in [-0.25, -0.2) is 0 Å². The van der Waals surface area contributed by atoms with Crippen LogP contribution in [0.5, 0.6) is 11.5 Å². The van der Waals surface area contributed by atoms with Crippen LogP contribution in [0.4, 0.5) is 5.69 Å². The van der Waals surface area contributed by atoms with Gasteiger partial charge in [-0.1, -0.05) is 39.7 Å². The van der Waals surface area contributed by atoms with E-state index >= 15 is 0 Å². The Hall–Kier alpha value is -2.88. The highest BCUT2D eigenvalue weighted by atomic mass is 79.9.